The van der Waals surface area contributed by atoms with Crippen molar-refractivity contribution in [2.45, 2.75) is 39.3 Å². The molecule has 274 valence electrons. The minimum Gasteiger partial charge on any atom is -0.486 e. The first-order valence-electron chi connectivity index (χ1n) is 18.9. The Morgan fingerprint density at radius 2 is 0.667 bits per heavy atom. The highest BCUT2D eigenvalue weighted by molar-refractivity contribution is 7.81. The lowest BCUT2D eigenvalue weighted by molar-refractivity contribution is 0.170. The molecule has 0 unspecified atom stereocenters. The molecule has 0 aliphatic carbocycles. The van der Waals surface area contributed by atoms with Gasteiger partial charge in [-0.2, -0.15) is 0 Å². The SMILES string of the molecule is C[Si](C)(C)c1cc2c(c(-c3c4c(cc([Si](C)(C)C)c3P(c3ccccc3)c3ccccc3)OCCO4)c1P(c1ccccc1)c1ccccc1)OCCO2. The topological polar surface area (TPSA) is 36.9 Å². The van der Waals surface area contributed by atoms with Crippen LogP contribution in [0, 0.1) is 0 Å². The maximum absolute atomic E-state index is 6.92. The van der Waals surface area contributed by atoms with Gasteiger partial charge in [-0.05, 0) is 70.2 Å². The minimum absolute atomic E-state index is 0.481. The Morgan fingerprint density at radius 3 is 0.944 bits per heavy atom. The minimum atomic E-state index is -2.07. The Balaban J connectivity index is 1.63. The molecule has 0 saturated carbocycles. The molecule has 2 aliphatic heterocycles. The first-order chi connectivity index (χ1) is 26.1. The van der Waals surface area contributed by atoms with Crippen molar-refractivity contribution in [1.82, 2.24) is 0 Å². The zero-order valence-electron chi connectivity index (χ0n) is 32.1. The number of ether oxygens (including phenoxy) is 4. The van der Waals surface area contributed by atoms with Crippen LogP contribution in [-0.2, 0) is 0 Å². The zero-order chi connectivity index (χ0) is 37.5. The van der Waals surface area contributed by atoms with Crippen LogP contribution in [-0.4, -0.2) is 42.6 Å². The second-order valence-corrected chi connectivity index (χ2v) is 30.2. The van der Waals surface area contributed by atoms with Crippen molar-refractivity contribution >= 4 is 74.2 Å². The van der Waals surface area contributed by atoms with Crippen LogP contribution in [0.2, 0.25) is 39.3 Å². The third-order valence-corrected chi connectivity index (χ3v) is 19.5. The molecule has 54 heavy (non-hydrogen) atoms. The van der Waals surface area contributed by atoms with Crippen molar-refractivity contribution in [2.75, 3.05) is 26.4 Å². The Labute approximate surface area is 325 Å². The van der Waals surface area contributed by atoms with Crippen molar-refractivity contribution in [1.29, 1.82) is 0 Å². The van der Waals surface area contributed by atoms with E-state index in [2.05, 4.69) is 173 Å². The van der Waals surface area contributed by atoms with Gasteiger partial charge in [0.1, 0.15) is 26.4 Å². The van der Waals surface area contributed by atoms with Gasteiger partial charge < -0.3 is 18.9 Å². The maximum atomic E-state index is 6.92. The van der Waals surface area contributed by atoms with Crippen molar-refractivity contribution in [3.8, 4) is 34.1 Å². The summed E-state index contributed by atoms with van der Waals surface area (Å²) in [5.74, 6) is 3.29. The van der Waals surface area contributed by atoms with E-state index in [1.54, 1.807) is 0 Å². The Morgan fingerprint density at radius 1 is 0.389 bits per heavy atom. The van der Waals surface area contributed by atoms with Gasteiger partial charge in [-0.15, -0.1) is 0 Å². The fraction of sp³-hybridized carbons (Fsp3) is 0.217. The number of fused-ring (bicyclic) bond motifs is 2. The third-order valence-electron chi connectivity index (χ3n) is 9.98. The summed E-state index contributed by atoms with van der Waals surface area (Å²) < 4.78 is 27.1. The molecule has 4 nitrogen and oxygen atoms in total. The lowest BCUT2D eigenvalue weighted by atomic mass is 10.0. The van der Waals surface area contributed by atoms with Gasteiger partial charge in [0, 0.05) is 11.1 Å². The first kappa shape index (κ1) is 36.8. The van der Waals surface area contributed by atoms with Crippen molar-refractivity contribution < 1.29 is 18.9 Å². The van der Waals surface area contributed by atoms with E-state index in [1.165, 1.54) is 42.2 Å². The molecule has 0 bridgehead atoms. The number of benzene rings is 6. The second-order valence-electron chi connectivity index (χ2n) is 15.9. The van der Waals surface area contributed by atoms with E-state index in [9.17, 15) is 0 Å². The average molecular weight is 783 g/mol. The van der Waals surface area contributed by atoms with E-state index >= 15 is 0 Å². The highest BCUT2D eigenvalue weighted by Gasteiger charge is 2.41. The summed E-state index contributed by atoms with van der Waals surface area (Å²) in [5, 5.41) is 10.7. The van der Waals surface area contributed by atoms with Crippen molar-refractivity contribution in [3.05, 3.63) is 133 Å². The lowest BCUT2D eigenvalue weighted by Gasteiger charge is -2.37. The molecule has 8 heteroatoms. The summed E-state index contributed by atoms with van der Waals surface area (Å²) in [6, 6.07) is 49.1. The fourth-order valence-electron chi connectivity index (χ4n) is 7.55. The molecular weight excluding hydrogens is 735 g/mol. The Bertz CT molecular complexity index is 2010. The molecule has 6 aromatic rings. The molecule has 0 amide bonds. The van der Waals surface area contributed by atoms with Crippen molar-refractivity contribution in [2.24, 2.45) is 0 Å². The predicted molar refractivity (Wildman–Crippen MR) is 237 cm³/mol. The monoisotopic (exact) mass is 782 g/mol. The Kier molecular flexibility index (Phi) is 10.3. The molecule has 0 saturated heterocycles. The third kappa shape index (κ3) is 7.06. The molecule has 0 spiro atoms. The van der Waals surface area contributed by atoms with Gasteiger partial charge >= 0.3 is 0 Å². The van der Waals surface area contributed by atoms with E-state index in [0.29, 0.717) is 26.4 Å². The predicted octanol–water partition coefficient (Wildman–Crippen LogP) is 7.50. The molecular formula is C46H48O4P2Si2. The quantitative estimate of drug-likeness (QED) is 0.113. The standard InChI is InChI=1S/C46H48O4P2Si2/c1-53(2,3)39-31-37-43(49-29-27-47-37)41(45(39)51(33-19-11-7-12-20-33)34-21-13-8-14-22-34)42-44-38(48-28-30-50-44)32-40(54(4,5)6)46(42)52(35-23-15-9-16-24-35)36-25-17-10-18-26-36/h7-26,31-32H,27-30H2,1-6H3. The smallest absolute Gasteiger partial charge is 0.169 e. The van der Waals surface area contributed by atoms with Crippen LogP contribution in [0.4, 0.5) is 0 Å². The largest absolute Gasteiger partial charge is 0.486 e. The van der Waals surface area contributed by atoms with Gasteiger partial charge in [-0.1, -0.05) is 161 Å². The maximum Gasteiger partial charge on any atom is 0.169 e. The molecule has 0 fully saturated rings. The van der Waals surface area contributed by atoms with Crippen LogP contribution in [0.3, 0.4) is 0 Å². The van der Waals surface area contributed by atoms with Crippen LogP contribution < -0.4 is 61.1 Å². The molecule has 0 N–H and O–H groups in total. The van der Waals surface area contributed by atoms with E-state index in [-0.39, 0.29) is 0 Å². The van der Waals surface area contributed by atoms with E-state index in [0.717, 1.165) is 34.1 Å². The van der Waals surface area contributed by atoms with Gasteiger partial charge in [0.2, 0.25) is 0 Å². The van der Waals surface area contributed by atoms with Gasteiger partial charge in [0.25, 0.3) is 0 Å². The summed E-state index contributed by atoms with van der Waals surface area (Å²) in [5.41, 5.74) is 2.22. The molecule has 0 radical (unpaired) electrons. The lowest BCUT2D eigenvalue weighted by Crippen LogP contribution is -2.51. The second kappa shape index (κ2) is 15.2. The highest BCUT2D eigenvalue weighted by atomic mass is 31.1. The molecule has 8 rings (SSSR count). The first-order valence-corrected chi connectivity index (χ1v) is 28.5. The molecule has 6 aromatic carbocycles. The molecule has 2 heterocycles. The number of hydrogen-bond donors (Lipinski definition) is 0. The molecule has 2 aliphatic rings. The van der Waals surface area contributed by atoms with Gasteiger partial charge in [0.05, 0.1) is 16.1 Å². The summed E-state index contributed by atoms with van der Waals surface area (Å²) >= 11 is 0. The van der Waals surface area contributed by atoms with Crippen LogP contribution in [0.5, 0.6) is 23.0 Å². The Hall–Kier alpha value is -4.19. The summed E-state index contributed by atoms with van der Waals surface area (Å²) in [6.07, 6.45) is 0. The fourth-order valence-corrected chi connectivity index (χ4v) is 18.0. The van der Waals surface area contributed by atoms with Crippen molar-refractivity contribution in [3.63, 3.8) is 0 Å². The summed E-state index contributed by atoms with van der Waals surface area (Å²) in [4.78, 5) is 0. The van der Waals surface area contributed by atoms with Gasteiger partial charge in [-0.25, -0.2) is 0 Å². The average Bonchev–Trinajstić information content (AvgIpc) is 3.18. The molecule has 0 atom stereocenters. The molecule has 0 aromatic heterocycles. The van der Waals surface area contributed by atoms with Gasteiger partial charge in [-0.3, -0.25) is 0 Å². The summed E-state index contributed by atoms with van der Waals surface area (Å²) in [6.45, 7) is 16.8. The highest BCUT2D eigenvalue weighted by Crippen LogP contribution is 2.52. The van der Waals surface area contributed by atoms with Gasteiger partial charge in [0.15, 0.2) is 23.0 Å². The van der Waals surface area contributed by atoms with Crippen LogP contribution in [0.1, 0.15) is 0 Å². The van der Waals surface area contributed by atoms with E-state index in [4.69, 9.17) is 18.9 Å². The van der Waals surface area contributed by atoms with E-state index < -0.39 is 32.0 Å². The summed E-state index contributed by atoms with van der Waals surface area (Å²) in [7, 11) is -6.25. The number of rotatable bonds is 9. The van der Waals surface area contributed by atoms with Crippen LogP contribution in [0.25, 0.3) is 11.1 Å². The van der Waals surface area contributed by atoms with E-state index in [1.807, 2.05) is 0 Å². The van der Waals surface area contributed by atoms with Crippen LogP contribution >= 0.6 is 15.8 Å². The number of hydrogen-bond acceptors (Lipinski definition) is 4. The van der Waals surface area contributed by atoms with Crippen LogP contribution in [0.15, 0.2) is 133 Å². The normalized spacial score (nSPS) is 14.0. The zero-order valence-corrected chi connectivity index (χ0v) is 35.8.